The van der Waals surface area contributed by atoms with E-state index in [1.54, 1.807) is 5.57 Å². The normalized spacial score (nSPS) is 53.1. The molecule has 3 unspecified atom stereocenters. The van der Waals surface area contributed by atoms with Gasteiger partial charge in [-0.25, -0.2) is 0 Å². The van der Waals surface area contributed by atoms with Gasteiger partial charge in [-0.3, -0.25) is 0 Å². The molecule has 1 saturated heterocycles. The maximum absolute atomic E-state index is 11.1. The molecule has 220 valence electrons. The second kappa shape index (κ2) is 8.70. The maximum Gasteiger partial charge on any atom is 0.184 e. The molecular weight excluding hydrogens is 492 g/mol. The smallest absolute Gasteiger partial charge is 0.184 e. The molecule has 0 radical (unpaired) electrons. The van der Waals surface area contributed by atoms with Crippen LogP contribution in [0.4, 0.5) is 0 Å². The molecule has 0 spiro atoms. The highest BCUT2D eigenvalue weighted by atomic mass is 16.7. The summed E-state index contributed by atoms with van der Waals surface area (Å²) in [4.78, 5) is 0. The lowest BCUT2D eigenvalue weighted by Gasteiger charge is -2.72. The summed E-state index contributed by atoms with van der Waals surface area (Å²) in [5.41, 5.74) is 4.10. The number of hydrogen-bond donors (Lipinski definition) is 1. The van der Waals surface area contributed by atoms with Crippen molar-refractivity contribution >= 4 is 0 Å². The van der Waals surface area contributed by atoms with Crippen LogP contribution < -0.4 is 0 Å². The van der Waals surface area contributed by atoms with Crippen molar-refractivity contribution in [1.29, 1.82) is 0 Å². The van der Waals surface area contributed by atoms with E-state index in [0.717, 1.165) is 31.4 Å². The summed E-state index contributed by atoms with van der Waals surface area (Å²) in [7, 11) is 0. The highest BCUT2D eigenvalue weighted by molar-refractivity contribution is 5.34. The number of allylic oxidation sites excluding steroid dienone is 2. The van der Waals surface area contributed by atoms with Crippen LogP contribution >= 0.6 is 0 Å². The van der Waals surface area contributed by atoms with Crippen LogP contribution in [0.3, 0.4) is 0 Å². The van der Waals surface area contributed by atoms with Gasteiger partial charge in [0.15, 0.2) is 6.29 Å². The second-order valence-electron chi connectivity index (χ2n) is 17.1. The zero-order valence-corrected chi connectivity index (χ0v) is 26.3. The lowest BCUT2D eigenvalue weighted by molar-refractivity contribution is -0.318. The summed E-state index contributed by atoms with van der Waals surface area (Å²) in [5.74, 6) is 1.93. The molecule has 1 N–H and O–H groups in total. The molecule has 1 aromatic carbocycles. The third-order valence-corrected chi connectivity index (χ3v) is 14.9. The molecule has 5 fully saturated rings. The Labute approximate surface area is 243 Å². The number of rotatable bonds is 1. The highest BCUT2D eigenvalue weighted by Gasteiger charge is 2.69. The Kier molecular flexibility index (Phi) is 6.01. The Morgan fingerprint density at radius 3 is 2.30 bits per heavy atom. The minimum atomic E-state index is -0.230. The molecule has 0 bridgehead atoms. The molecule has 0 aromatic heterocycles. The summed E-state index contributed by atoms with van der Waals surface area (Å²) in [6.45, 7) is 18.4. The Morgan fingerprint density at radius 1 is 0.800 bits per heavy atom. The third-order valence-electron chi connectivity index (χ3n) is 14.9. The summed E-state index contributed by atoms with van der Waals surface area (Å²) >= 11 is 0. The Bertz CT molecular complexity index is 1190. The second-order valence-corrected chi connectivity index (χ2v) is 17.1. The lowest BCUT2D eigenvalue weighted by Crippen LogP contribution is -2.66. The van der Waals surface area contributed by atoms with Crippen molar-refractivity contribution in [3.63, 3.8) is 0 Å². The number of fused-ring (bicyclic) bond motifs is 9. The van der Waals surface area contributed by atoms with Gasteiger partial charge in [0.05, 0.1) is 18.8 Å². The van der Waals surface area contributed by atoms with E-state index in [9.17, 15) is 5.11 Å². The molecule has 3 nitrogen and oxygen atoms in total. The monoisotopic (exact) mass is 546 g/mol. The van der Waals surface area contributed by atoms with Crippen molar-refractivity contribution in [3.05, 3.63) is 47.5 Å². The van der Waals surface area contributed by atoms with Crippen LogP contribution in [0.15, 0.2) is 42.0 Å². The van der Waals surface area contributed by atoms with Crippen molar-refractivity contribution in [2.75, 3.05) is 6.61 Å². The van der Waals surface area contributed by atoms with Gasteiger partial charge in [0.2, 0.25) is 0 Å². The van der Waals surface area contributed by atoms with Crippen LogP contribution in [0.2, 0.25) is 0 Å². The molecule has 1 aromatic rings. The third kappa shape index (κ3) is 3.53. The molecule has 11 atom stereocenters. The quantitative estimate of drug-likeness (QED) is 0.358. The number of hydrogen-bond acceptors (Lipinski definition) is 3. The topological polar surface area (TPSA) is 38.7 Å². The van der Waals surface area contributed by atoms with Crippen molar-refractivity contribution in [3.8, 4) is 0 Å². The molecule has 1 heterocycles. The summed E-state index contributed by atoms with van der Waals surface area (Å²) in [5, 5.41) is 11.1. The standard InChI is InChI=1S/C37H54O3/c1-32(2)21-26-25-13-14-28-34(4)17-16-30-35(5,23-39-31(40-30)24-11-9-8-10-12-24)27(34)15-18-37(28,7)36(25,6)20-19-33(26,3)22-29(32)38/h8-13,26-31,38H,14-23H2,1-7H3/t26-,27?,28-,29+,30?,31?,33+,34+,35+,36-,37-/m1/s1. The van der Waals surface area contributed by atoms with Gasteiger partial charge in [-0.05, 0) is 103 Å². The molecule has 40 heavy (non-hydrogen) atoms. The zero-order chi connectivity index (χ0) is 28.3. The molecule has 0 amide bonds. The fourth-order valence-electron chi connectivity index (χ4n) is 12.0. The molecule has 3 heteroatoms. The SMILES string of the molecule is CC1(C)C[C@@H]2C3=CC[C@@H]4[C@@]5(C)CCC6OC(c7ccccc7)OC[C@@]6(C)C5CC[C@@]4(C)[C@]3(C)CC[C@@]2(C)C[C@@H]1O. The first kappa shape index (κ1) is 27.7. The minimum absolute atomic E-state index is 0.00374. The van der Waals surface area contributed by atoms with Crippen LogP contribution in [0.5, 0.6) is 0 Å². The Morgan fingerprint density at radius 2 is 1.55 bits per heavy atom. The fourth-order valence-corrected chi connectivity index (χ4v) is 12.0. The van der Waals surface area contributed by atoms with E-state index in [4.69, 9.17) is 9.47 Å². The first-order valence-corrected chi connectivity index (χ1v) is 16.5. The number of ether oxygens (including phenoxy) is 2. The van der Waals surface area contributed by atoms with E-state index in [2.05, 4.69) is 84.9 Å². The van der Waals surface area contributed by atoms with Gasteiger partial charge in [0, 0.05) is 11.0 Å². The van der Waals surface area contributed by atoms with E-state index >= 15 is 0 Å². The number of benzene rings is 1. The highest BCUT2D eigenvalue weighted by Crippen LogP contribution is 2.76. The van der Waals surface area contributed by atoms with Crippen molar-refractivity contribution in [2.24, 2.45) is 50.2 Å². The van der Waals surface area contributed by atoms with E-state index in [0.29, 0.717) is 28.6 Å². The van der Waals surface area contributed by atoms with Gasteiger partial charge in [0.1, 0.15) is 0 Å². The molecule has 4 saturated carbocycles. The van der Waals surface area contributed by atoms with Gasteiger partial charge in [-0.15, -0.1) is 0 Å². The van der Waals surface area contributed by atoms with Crippen LogP contribution in [-0.2, 0) is 9.47 Å². The van der Waals surface area contributed by atoms with Gasteiger partial charge < -0.3 is 14.6 Å². The van der Waals surface area contributed by atoms with E-state index in [1.165, 1.54) is 38.5 Å². The first-order valence-electron chi connectivity index (χ1n) is 16.5. The summed E-state index contributed by atoms with van der Waals surface area (Å²) < 4.78 is 13.3. The predicted octanol–water partition coefficient (Wildman–Crippen LogP) is 8.87. The number of aliphatic hydroxyl groups excluding tert-OH is 1. The lowest BCUT2D eigenvalue weighted by atomic mass is 9.33. The van der Waals surface area contributed by atoms with Crippen LogP contribution in [0.25, 0.3) is 0 Å². The molecular formula is C37H54O3. The average molecular weight is 547 g/mol. The summed E-state index contributed by atoms with van der Waals surface area (Å²) in [6.07, 6.45) is 13.5. The minimum Gasteiger partial charge on any atom is -0.393 e. The van der Waals surface area contributed by atoms with Crippen LogP contribution in [0, 0.1) is 50.2 Å². The van der Waals surface area contributed by atoms with Gasteiger partial charge in [-0.1, -0.05) is 90.4 Å². The molecule has 7 rings (SSSR count). The molecule has 6 aliphatic rings. The zero-order valence-electron chi connectivity index (χ0n) is 26.3. The largest absolute Gasteiger partial charge is 0.393 e. The van der Waals surface area contributed by atoms with E-state index < -0.39 is 0 Å². The van der Waals surface area contributed by atoms with E-state index in [1.807, 2.05) is 0 Å². The van der Waals surface area contributed by atoms with Gasteiger partial charge >= 0.3 is 0 Å². The predicted molar refractivity (Wildman–Crippen MR) is 160 cm³/mol. The van der Waals surface area contributed by atoms with Crippen molar-refractivity contribution in [1.82, 2.24) is 0 Å². The van der Waals surface area contributed by atoms with Crippen molar-refractivity contribution < 1.29 is 14.6 Å². The van der Waals surface area contributed by atoms with Gasteiger partial charge in [0.25, 0.3) is 0 Å². The van der Waals surface area contributed by atoms with E-state index in [-0.39, 0.29) is 40.2 Å². The first-order chi connectivity index (χ1) is 18.8. The van der Waals surface area contributed by atoms with Gasteiger partial charge in [-0.2, -0.15) is 0 Å². The molecule has 1 aliphatic heterocycles. The van der Waals surface area contributed by atoms with Crippen LogP contribution in [-0.4, -0.2) is 23.9 Å². The number of aliphatic hydroxyl groups is 1. The fraction of sp³-hybridized carbons (Fsp3) is 0.784. The Hall–Kier alpha value is -1.16. The maximum atomic E-state index is 11.1. The molecule has 5 aliphatic carbocycles. The summed E-state index contributed by atoms with van der Waals surface area (Å²) in [6, 6.07) is 10.5. The Balaban J connectivity index is 1.20. The average Bonchev–Trinajstić information content (AvgIpc) is 2.90. The van der Waals surface area contributed by atoms with Crippen LogP contribution in [0.1, 0.15) is 118 Å². The van der Waals surface area contributed by atoms with Crippen molar-refractivity contribution in [2.45, 2.75) is 125 Å².